The third-order valence-electron chi connectivity index (χ3n) is 5.79. The molecule has 1 unspecified atom stereocenters. The zero-order valence-electron chi connectivity index (χ0n) is 21.6. The molecule has 1 aliphatic rings. The highest BCUT2D eigenvalue weighted by Gasteiger charge is 2.28. The van der Waals surface area contributed by atoms with Crippen molar-refractivity contribution in [3.05, 3.63) is 74.7 Å². The normalized spacial score (nSPS) is 14.3. The zero-order valence-corrected chi connectivity index (χ0v) is 21.6. The SMILES string of the molecule is C#Cc1cccc(Nc2ncnc3c2=CC(NC(=O)/C=C/C[N+](C)(C)Cc2[nH]c(OC)nc2[N+](=O)[O-])NC=3)c1. The minimum Gasteiger partial charge on any atom is -0.449 e. The average Bonchev–Trinajstić information content (AvgIpc) is 3.31. The highest BCUT2D eigenvalue weighted by Crippen LogP contribution is 2.22. The van der Waals surface area contributed by atoms with Gasteiger partial charge in [0.1, 0.15) is 24.9 Å². The third kappa shape index (κ3) is 6.76. The van der Waals surface area contributed by atoms with Gasteiger partial charge in [-0.3, -0.25) is 9.78 Å². The molecule has 1 atom stereocenters. The smallest absolute Gasteiger partial charge is 0.411 e. The fraction of sp³-hybridized carbons (Fsp3) is 0.231. The molecule has 1 amide bonds. The van der Waals surface area contributed by atoms with Crippen LogP contribution in [0.15, 0.2) is 42.7 Å². The lowest BCUT2D eigenvalue weighted by Crippen LogP contribution is -2.49. The molecule has 1 aliphatic heterocycles. The van der Waals surface area contributed by atoms with Gasteiger partial charge in [-0.2, -0.15) is 0 Å². The van der Waals surface area contributed by atoms with Crippen LogP contribution in [0, 0.1) is 22.5 Å². The van der Waals surface area contributed by atoms with E-state index in [-0.39, 0.29) is 24.3 Å². The Kier molecular flexibility index (Phi) is 7.88. The van der Waals surface area contributed by atoms with Gasteiger partial charge in [0, 0.05) is 33.7 Å². The second kappa shape index (κ2) is 11.4. The molecular formula is C26H28N9O4+. The summed E-state index contributed by atoms with van der Waals surface area (Å²) in [5.74, 6) is 2.58. The summed E-state index contributed by atoms with van der Waals surface area (Å²) in [6, 6.07) is 7.48. The number of imidazole rings is 1. The summed E-state index contributed by atoms with van der Waals surface area (Å²) in [5, 5.41) is 21.9. The molecule has 200 valence electrons. The zero-order chi connectivity index (χ0) is 28.0. The molecule has 3 aromatic rings. The van der Waals surface area contributed by atoms with Gasteiger partial charge >= 0.3 is 11.8 Å². The van der Waals surface area contributed by atoms with E-state index in [1.54, 1.807) is 12.3 Å². The van der Waals surface area contributed by atoms with Crippen LogP contribution in [0.3, 0.4) is 0 Å². The summed E-state index contributed by atoms with van der Waals surface area (Å²) in [4.78, 5) is 38.7. The van der Waals surface area contributed by atoms with E-state index in [1.807, 2.05) is 44.4 Å². The molecule has 0 aliphatic carbocycles. The Morgan fingerprint density at radius 1 is 1.36 bits per heavy atom. The summed E-state index contributed by atoms with van der Waals surface area (Å²) in [6.07, 6.45) is 13.1. The van der Waals surface area contributed by atoms with Crippen LogP contribution in [0.25, 0.3) is 12.3 Å². The Balaban J connectivity index is 1.41. The molecule has 4 N–H and O–H groups in total. The number of aromatic amines is 1. The number of fused-ring (bicyclic) bond motifs is 1. The number of amides is 1. The Hall–Kier alpha value is -5.22. The van der Waals surface area contributed by atoms with Crippen molar-refractivity contribution in [1.82, 2.24) is 30.6 Å². The van der Waals surface area contributed by atoms with Gasteiger partial charge in [-0.25, -0.2) is 9.97 Å². The van der Waals surface area contributed by atoms with Crippen molar-refractivity contribution in [2.75, 3.05) is 33.1 Å². The number of ether oxygens (including phenoxy) is 1. The first-order chi connectivity index (χ1) is 18.7. The van der Waals surface area contributed by atoms with Gasteiger partial charge in [-0.15, -0.1) is 6.42 Å². The number of likely N-dealkylation sites (N-methyl/N-ethyl adjacent to an activating group) is 1. The fourth-order valence-corrected chi connectivity index (χ4v) is 3.95. The molecule has 3 heterocycles. The minimum absolute atomic E-state index is 0.0751. The lowest BCUT2D eigenvalue weighted by molar-refractivity contribution is -0.898. The average molecular weight is 531 g/mol. The van der Waals surface area contributed by atoms with Crippen LogP contribution in [-0.4, -0.2) is 69.2 Å². The molecule has 1 aromatic carbocycles. The van der Waals surface area contributed by atoms with Gasteiger partial charge in [0.05, 0.1) is 33.1 Å². The molecule has 0 bridgehead atoms. The number of H-pyrrole nitrogens is 1. The van der Waals surface area contributed by atoms with E-state index in [9.17, 15) is 14.9 Å². The first-order valence-electron chi connectivity index (χ1n) is 11.9. The lowest BCUT2D eigenvalue weighted by Gasteiger charge is -2.27. The monoisotopic (exact) mass is 530 g/mol. The number of carbonyl (C=O) groups is 1. The Bertz CT molecular complexity index is 1590. The highest BCUT2D eigenvalue weighted by molar-refractivity contribution is 5.88. The minimum atomic E-state index is -0.555. The number of nitrogens with one attached hydrogen (secondary N) is 4. The molecular weight excluding hydrogens is 502 g/mol. The number of anilines is 2. The number of aromatic nitrogens is 4. The maximum Gasteiger partial charge on any atom is 0.411 e. The highest BCUT2D eigenvalue weighted by atomic mass is 16.6. The number of hydrogen-bond acceptors (Lipinski definition) is 9. The quantitative estimate of drug-likeness (QED) is 0.0946. The standard InChI is InChI=1S/C26H27N9O4/c1-5-17-8-6-9-18(12-17)30-24-19-13-22(27-14-20(19)28-16-29-24)32-23(36)10-7-11-35(2,3)15-21-25(34(37)38)33-26(31-21)39-4/h1,6-10,12-14,16,22,27H,11,15H2,2-4H3,(H2-,28,29,30,31,32,33,36)/p+1/b10-7+. The second-order valence-corrected chi connectivity index (χ2v) is 9.32. The van der Waals surface area contributed by atoms with Crippen LogP contribution < -0.4 is 31.3 Å². The van der Waals surface area contributed by atoms with Gasteiger partial charge in [-0.1, -0.05) is 12.0 Å². The predicted molar refractivity (Wildman–Crippen MR) is 145 cm³/mol. The summed E-state index contributed by atoms with van der Waals surface area (Å²) in [5.41, 5.74) is 1.86. The van der Waals surface area contributed by atoms with Crippen LogP contribution in [-0.2, 0) is 11.3 Å². The molecule has 13 nitrogen and oxygen atoms in total. The van der Waals surface area contributed by atoms with E-state index in [2.05, 4.69) is 41.8 Å². The largest absolute Gasteiger partial charge is 0.449 e. The van der Waals surface area contributed by atoms with Crippen molar-refractivity contribution >= 4 is 35.5 Å². The maximum atomic E-state index is 12.6. The van der Waals surface area contributed by atoms with E-state index >= 15 is 0 Å². The van der Waals surface area contributed by atoms with Gasteiger partial charge in [0.15, 0.2) is 5.69 Å². The van der Waals surface area contributed by atoms with E-state index in [4.69, 9.17) is 11.2 Å². The number of quaternary nitrogens is 1. The number of carbonyl (C=O) groups excluding carboxylic acids is 1. The summed E-state index contributed by atoms with van der Waals surface area (Å²) in [7, 11) is 5.15. The Morgan fingerprint density at radius 2 is 2.18 bits per heavy atom. The third-order valence-corrected chi connectivity index (χ3v) is 5.79. The van der Waals surface area contributed by atoms with Crippen molar-refractivity contribution in [3.8, 4) is 18.4 Å². The van der Waals surface area contributed by atoms with Crippen LogP contribution in [0.5, 0.6) is 6.01 Å². The van der Waals surface area contributed by atoms with Crippen molar-refractivity contribution in [2.45, 2.75) is 12.7 Å². The maximum absolute atomic E-state index is 12.6. The molecule has 0 fully saturated rings. The molecule has 4 rings (SSSR count). The molecule has 0 spiro atoms. The van der Waals surface area contributed by atoms with Crippen molar-refractivity contribution in [3.63, 3.8) is 0 Å². The van der Waals surface area contributed by atoms with Gasteiger partial charge < -0.3 is 35.3 Å². The number of nitro groups is 1. The first kappa shape index (κ1) is 26.8. The van der Waals surface area contributed by atoms with Crippen molar-refractivity contribution in [1.29, 1.82) is 0 Å². The van der Waals surface area contributed by atoms with Crippen LogP contribution in [0.2, 0.25) is 0 Å². The summed E-state index contributed by atoms with van der Waals surface area (Å²) in [6.45, 7) is 0.712. The van der Waals surface area contributed by atoms with Gasteiger partial charge in [-0.05, 0) is 35.3 Å². The van der Waals surface area contributed by atoms with Gasteiger partial charge in [0.25, 0.3) is 0 Å². The molecule has 39 heavy (non-hydrogen) atoms. The van der Waals surface area contributed by atoms with E-state index in [1.165, 1.54) is 19.5 Å². The van der Waals surface area contributed by atoms with Gasteiger partial charge in [0.2, 0.25) is 5.91 Å². The summed E-state index contributed by atoms with van der Waals surface area (Å²) < 4.78 is 5.31. The fourth-order valence-electron chi connectivity index (χ4n) is 3.95. The molecule has 0 saturated heterocycles. The predicted octanol–water partition coefficient (Wildman–Crippen LogP) is 0.238. The molecule has 13 heteroatoms. The van der Waals surface area contributed by atoms with E-state index in [0.29, 0.717) is 27.9 Å². The molecule has 0 saturated carbocycles. The van der Waals surface area contributed by atoms with Crippen molar-refractivity contribution < 1.29 is 18.9 Å². The topological polar surface area (TPSA) is 160 Å². The first-order valence-corrected chi connectivity index (χ1v) is 11.9. The van der Waals surface area contributed by atoms with Crippen LogP contribution in [0.4, 0.5) is 17.3 Å². The van der Waals surface area contributed by atoms with Crippen LogP contribution >= 0.6 is 0 Å². The number of hydrogen-bond donors (Lipinski definition) is 4. The Labute approximate surface area is 224 Å². The molecule has 0 radical (unpaired) electrons. The lowest BCUT2D eigenvalue weighted by atomic mass is 10.2. The number of nitrogens with zero attached hydrogens (tertiary/aromatic N) is 5. The number of terminal acetylenes is 1. The number of benzene rings is 1. The Morgan fingerprint density at radius 3 is 2.92 bits per heavy atom. The van der Waals surface area contributed by atoms with Crippen LogP contribution in [0.1, 0.15) is 11.3 Å². The number of rotatable bonds is 10. The molecule has 2 aromatic heterocycles. The second-order valence-electron chi connectivity index (χ2n) is 9.32. The van der Waals surface area contributed by atoms with E-state index < -0.39 is 11.1 Å². The number of methoxy groups -OCH3 is 1. The van der Waals surface area contributed by atoms with E-state index in [0.717, 1.165) is 16.5 Å². The van der Waals surface area contributed by atoms with Crippen molar-refractivity contribution in [2.24, 2.45) is 0 Å². The summed E-state index contributed by atoms with van der Waals surface area (Å²) >= 11 is 0.